The van der Waals surface area contributed by atoms with Crippen molar-refractivity contribution in [2.45, 2.75) is 6.92 Å². The van der Waals surface area contributed by atoms with Crippen LogP contribution in [0.4, 0.5) is 0 Å². The van der Waals surface area contributed by atoms with E-state index in [0.29, 0.717) is 0 Å². The van der Waals surface area contributed by atoms with E-state index in [9.17, 15) is 0 Å². The summed E-state index contributed by atoms with van der Waals surface area (Å²) in [5.41, 5.74) is 6.20. The van der Waals surface area contributed by atoms with Gasteiger partial charge >= 0.3 is 0 Å². The molecule has 3 rings (SSSR count). The fourth-order valence-electron chi connectivity index (χ4n) is 2.38. The van der Waals surface area contributed by atoms with Gasteiger partial charge in [0.15, 0.2) is 0 Å². The average molecular weight is 274 g/mol. The molecule has 0 radical (unpaired) electrons. The molecule has 0 N–H and O–H groups in total. The van der Waals surface area contributed by atoms with Crippen molar-refractivity contribution in [1.29, 1.82) is 0 Å². The number of hydrogen-bond acceptors (Lipinski definition) is 1. The minimum absolute atomic E-state index is 0.884. The first-order valence-corrected chi connectivity index (χ1v) is 7.08. The van der Waals surface area contributed by atoms with E-state index in [1.54, 1.807) is 7.11 Å². The van der Waals surface area contributed by atoms with Crippen LogP contribution < -0.4 is 4.74 Å². The highest BCUT2D eigenvalue weighted by atomic mass is 16.5. The highest BCUT2D eigenvalue weighted by Gasteiger charge is 2.01. The van der Waals surface area contributed by atoms with Crippen molar-refractivity contribution in [2.75, 3.05) is 7.11 Å². The van der Waals surface area contributed by atoms with Crippen LogP contribution in [0.5, 0.6) is 5.75 Å². The molecule has 0 fully saturated rings. The van der Waals surface area contributed by atoms with Crippen molar-refractivity contribution in [3.05, 3.63) is 78.4 Å². The minimum atomic E-state index is 0.884. The van der Waals surface area contributed by atoms with Crippen LogP contribution in [0.3, 0.4) is 0 Å². The molecule has 0 aliphatic rings. The second-order valence-corrected chi connectivity index (χ2v) is 5.17. The van der Waals surface area contributed by atoms with Crippen molar-refractivity contribution in [1.82, 2.24) is 0 Å². The molecule has 21 heavy (non-hydrogen) atoms. The number of aryl methyl sites for hydroxylation is 1. The highest BCUT2D eigenvalue weighted by Crippen LogP contribution is 2.26. The Balaban J connectivity index is 1.87. The Bertz CT molecular complexity index is 707. The molecule has 0 unspecified atom stereocenters. The van der Waals surface area contributed by atoms with E-state index in [2.05, 4.69) is 67.6 Å². The zero-order valence-electron chi connectivity index (χ0n) is 12.3. The van der Waals surface area contributed by atoms with Gasteiger partial charge in [-0.3, -0.25) is 0 Å². The van der Waals surface area contributed by atoms with E-state index in [1.165, 1.54) is 27.8 Å². The van der Waals surface area contributed by atoms with Gasteiger partial charge in [0.1, 0.15) is 5.75 Å². The lowest BCUT2D eigenvalue weighted by Gasteiger charge is -2.06. The number of ether oxygens (including phenoxy) is 1. The van der Waals surface area contributed by atoms with Crippen LogP contribution in [0.1, 0.15) is 5.56 Å². The Kier molecular flexibility index (Phi) is 3.74. The van der Waals surface area contributed by atoms with Crippen molar-refractivity contribution in [3.8, 4) is 28.0 Å². The third-order valence-corrected chi connectivity index (χ3v) is 3.69. The lowest BCUT2D eigenvalue weighted by Crippen LogP contribution is -1.83. The van der Waals surface area contributed by atoms with Crippen LogP contribution in [0.25, 0.3) is 22.3 Å². The zero-order chi connectivity index (χ0) is 14.7. The molecular formula is C20H18O. The van der Waals surface area contributed by atoms with Crippen molar-refractivity contribution in [2.24, 2.45) is 0 Å². The molecule has 0 saturated carbocycles. The maximum atomic E-state index is 5.19. The quantitative estimate of drug-likeness (QED) is 0.626. The van der Waals surface area contributed by atoms with Gasteiger partial charge in [-0.1, -0.05) is 66.2 Å². The van der Waals surface area contributed by atoms with Gasteiger partial charge in [-0.25, -0.2) is 0 Å². The molecular weight excluding hydrogens is 256 g/mol. The third-order valence-electron chi connectivity index (χ3n) is 3.69. The zero-order valence-corrected chi connectivity index (χ0v) is 12.3. The fraction of sp³-hybridized carbons (Fsp3) is 0.100. The van der Waals surface area contributed by atoms with Crippen LogP contribution in [-0.2, 0) is 0 Å². The Morgan fingerprint density at radius 1 is 0.524 bits per heavy atom. The van der Waals surface area contributed by atoms with Crippen molar-refractivity contribution < 1.29 is 4.74 Å². The second kappa shape index (κ2) is 5.84. The van der Waals surface area contributed by atoms with Crippen LogP contribution in [0, 0.1) is 6.92 Å². The van der Waals surface area contributed by atoms with Gasteiger partial charge in [0.05, 0.1) is 7.11 Å². The van der Waals surface area contributed by atoms with E-state index in [4.69, 9.17) is 4.74 Å². The molecule has 104 valence electrons. The second-order valence-electron chi connectivity index (χ2n) is 5.17. The fourth-order valence-corrected chi connectivity index (χ4v) is 2.38. The molecule has 3 aromatic rings. The summed E-state index contributed by atoms with van der Waals surface area (Å²) >= 11 is 0. The van der Waals surface area contributed by atoms with Crippen LogP contribution in [0.15, 0.2) is 72.8 Å². The van der Waals surface area contributed by atoms with Crippen LogP contribution >= 0.6 is 0 Å². The normalized spacial score (nSPS) is 10.4. The van der Waals surface area contributed by atoms with Gasteiger partial charge in [-0.15, -0.1) is 0 Å². The Morgan fingerprint density at radius 3 is 1.24 bits per heavy atom. The summed E-state index contributed by atoms with van der Waals surface area (Å²) in [7, 11) is 1.69. The van der Waals surface area contributed by atoms with Gasteiger partial charge in [0.25, 0.3) is 0 Å². The first kappa shape index (κ1) is 13.4. The van der Waals surface area contributed by atoms with E-state index in [1.807, 2.05) is 12.1 Å². The Hall–Kier alpha value is -2.54. The molecule has 1 nitrogen and oxygen atoms in total. The van der Waals surface area contributed by atoms with Crippen molar-refractivity contribution in [3.63, 3.8) is 0 Å². The summed E-state index contributed by atoms with van der Waals surface area (Å²) < 4.78 is 5.19. The maximum absolute atomic E-state index is 5.19. The van der Waals surface area contributed by atoms with Crippen molar-refractivity contribution >= 4 is 0 Å². The van der Waals surface area contributed by atoms with E-state index < -0.39 is 0 Å². The van der Waals surface area contributed by atoms with Gasteiger partial charge in [-0.2, -0.15) is 0 Å². The lowest BCUT2D eigenvalue weighted by molar-refractivity contribution is 0.415. The standard InChI is InChI=1S/C20H18O/c1-15-3-5-16(6-4-15)17-7-9-18(10-8-17)19-11-13-20(21-2)14-12-19/h3-14H,1-2H3. The molecule has 1 heteroatoms. The maximum Gasteiger partial charge on any atom is 0.118 e. The molecule has 0 amide bonds. The number of methoxy groups -OCH3 is 1. The lowest BCUT2D eigenvalue weighted by atomic mass is 10.00. The van der Waals surface area contributed by atoms with Crippen LogP contribution in [0.2, 0.25) is 0 Å². The molecule has 0 aliphatic carbocycles. The average Bonchev–Trinajstić information content (AvgIpc) is 2.56. The summed E-state index contributed by atoms with van der Waals surface area (Å²) in [6.07, 6.45) is 0. The Labute approximate surface area is 125 Å². The number of hydrogen-bond donors (Lipinski definition) is 0. The molecule has 0 atom stereocenters. The molecule has 0 aliphatic heterocycles. The predicted molar refractivity (Wildman–Crippen MR) is 88.6 cm³/mol. The SMILES string of the molecule is COc1ccc(-c2ccc(-c3ccc(C)cc3)cc2)cc1. The topological polar surface area (TPSA) is 9.23 Å². The molecule has 3 aromatic carbocycles. The first-order chi connectivity index (χ1) is 10.3. The van der Waals surface area contributed by atoms with E-state index in [-0.39, 0.29) is 0 Å². The van der Waals surface area contributed by atoms with Gasteiger partial charge in [-0.05, 0) is 41.3 Å². The Morgan fingerprint density at radius 2 is 0.857 bits per heavy atom. The largest absolute Gasteiger partial charge is 0.497 e. The summed E-state index contributed by atoms with van der Waals surface area (Å²) in [5, 5.41) is 0. The monoisotopic (exact) mass is 274 g/mol. The van der Waals surface area contributed by atoms with E-state index in [0.717, 1.165) is 5.75 Å². The molecule has 0 aromatic heterocycles. The van der Waals surface area contributed by atoms with E-state index >= 15 is 0 Å². The third kappa shape index (κ3) is 2.97. The smallest absolute Gasteiger partial charge is 0.118 e. The molecule has 0 spiro atoms. The molecule has 0 bridgehead atoms. The van der Waals surface area contributed by atoms with Gasteiger partial charge in [0.2, 0.25) is 0 Å². The van der Waals surface area contributed by atoms with Crippen LogP contribution in [-0.4, -0.2) is 7.11 Å². The summed E-state index contributed by atoms with van der Waals surface area (Å²) in [6.45, 7) is 2.11. The first-order valence-electron chi connectivity index (χ1n) is 7.08. The highest BCUT2D eigenvalue weighted by molar-refractivity contribution is 5.70. The summed E-state index contributed by atoms with van der Waals surface area (Å²) in [4.78, 5) is 0. The molecule has 0 heterocycles. The number of rotatable bonds is 3. The summed E-state index contributed by atoms with van der Waals surface area (Å²) in [6, 6.07) is 25.4. The molecule has 0 saturated heterocycles. The minimum Gasteiger partial charge on any atom is -0.497 e. The van der Waals surface area contributed by atoms with Gasteiger partial charge in [0, 0.05) is 0 Å². The number of benzene rings is 3. The predicted octanol–water partition coefficient (Wildman–Crippen LogP) is 5.34. The summed E-state index contributed by atoms with van der Waals surface area (Å²) in [5.74, 6) is 0.884. The van der Waals surface area contributed by atoms with Gasteiger partial charge < -0.3 is 4.74 Å².